The molecule has 13 nitrogen and oxygen atoms in total. The van der Waals surface area contributed by atoms with E-state index in [1.54, 1.807) is 6.92 Å². The maximum absolute atomic E-state index is 13.8. The Kier molecular flexibility index (Phi) is 8.18. The van der Waals surface area contributed by atoms with E-state index in [4.69, 9.17) is 18.9 Å². The lowest BCUT2D eigenvalue weighted by atomic mass is 9.71. The molecule has 13 heteroatoms. The Hall–Kier alpha value is -3.14. The van der Waals surface area contributed by atoms with Crippen molar-refractivity contribution in [2.45, 2.75) is 68.5 Å². The van der Waals surface area contributed by atoms with Crippen molar-refractivity contribution in [3.8, 4) is 17.2 Å². The van der Waals surface area contributed by atoms with Crippen LogP contribution in [0.1, 0.15) is 68.8 Å². The minimum Gasteiger partial charge on any atom is -0.507 e. The van der Waals surface area contributed by atoms with Gasteiger partial charge >= 0.3 is 0 Å². The lowest BCUT2D eigenvalue weighted by Gasteiger charge is -2.46. The van der Waals surface area contributed by atoms with E-state index in [2.05, 4.69) is 4.90 Å². The summed E-state index contributed by atoms with van der Waals surface area (Å²) in [6.45, 7) is 3.08. The van der Waals surface area contributed by atoms with E-state index < -0.39 is 83.5 Å². The number of aliphatic hydroxyl groups is 4. The molecule has 0 bridgehead atoms. The molecule has 44 heavy (non-hydrogen) atoms. The number of morpholine rings is 1. The highest BCUT2D eigenvalue weighted by Crippen LogP contribution is 2.53. The van der Waals surface area contributed by atoms with Gasteiger partial charge in [-0.2, -0.15) is 0 Å². The van der Waals surface area contributed by atoms with Crippen LogP contribution in [0.3, 0.4) is 0 Å². The van der Waals surface area contributed by atoms with Crippen LogP contribution in [0.25, 0.3) is 0 Å². The topological polar surface area (TPSA) is 196 Å². The van der Waals surface area contributed by atoms with E-state index in [1.165, 1.54) is 25.3 Å². The number of aromatic hydroxyl groups is 2. The van der Waals surface area contributed by atoms with Crippen LogP contribution < -0.4 is 4.74 Å². The molecule has 6 rings (SSSR count). The van der Waals surface area contributed by atoms with Crippen LogP contribution in [0.4, 0.5) is 0 Å². The Morgan fingerprint density at radius 3 is 2.48 bits per heavy atom. The van der Waals surface area contributed by atoms with Gasteiger partial charge in [0, 0.05) is 55.1 Å². The number of phenols is 2. The predicted molar refractivity (Wildman–Crippen MR) is 151 cm³/mol. The van der Waals surface area contributed by atoms with Crippen molar-refractivity contribution in [3.05, 3.63) is 51.6 Å². The average Bonchev–Trinajstić information content (AvgIpc) is 3.02. The zero-order chi connectivity index (χ0) is 31.5. The van der Waals surface area contributed by atoms with Crippen molar-refractivity contribution in [3.63, 3.8) is 0 Å². The Balaban J connectivity index is 1.44. The molecule has 6 unspecified atom stereocenters. The van der Waals surface area contributed by atoms with Gasteiger partial charge in [-0.1, -0.05) is 12.1 Å². The van der Waals surface area contributed by atoms with Gasteiger partial charge in [0.25, 0.3) is 0 Å². The highest BCUT2D eigenvalue weighted by Gasteiger charge is 2.50. The number of aliphatic hydroxyl groups excluding tert-OH is 3. The second-order valence-electron chi connectivity index (χ2n) is 11.9. The van der Waals surface area contributed by atoms with Crippen LogP contribution in [-0.4, -0.2) is 123 Å². The van der Waals surface area contributed by atoms with E-state index in [9.17, 15) is 40.2 Å². The first-order valence-corrected chi connectivity index (χ1v) is 14.7. The Morgan fingerprint density at radius 1 is 1.09 bits per heavy atom. The molecule has 0 spiro atoms. The zero-order valence-corrected chi connectivity index (χ0v) is 24.4. The first-order chi connectivity index (χ1) is 21.0. The third-order valence-electron chi connectivity index (χ3n) is 9.40. The fourth-order valence-corrected chi connectivity index (χ4v) is 7.06. The normalized spacial score (nSPS) is 31.2. The molecule has 0 radical (unpaired) electrons. The van der Waals surface area contributed by atoms with E-state index in [0.717, 1.165) is 0 Å². The summed E-state index contributed by atoms with van der Waals surface area (Å²) in [6, 6.07) is 4.09. The van der Waals surface area contributed by atoms with Gasteiger partial charge in [-0.05, 0) is 13.0 Å². The summed E-state index contributed by atoms with van der Waals surface area (Å²) in [5.41, 5.74) is -3.14. The van der Waals surface area contributed by atoms with Gasteiger partial charge in [0.05, 0.1) is 67.5 Å². The third kappa shape index (κ3) is 4.88. The number of rotatable bonds is 6. The molecule has 2 heterocycles. The maximum atomic E-state index is 13.8. The van der Waals surface area contributed by atoms with Gasteiger partial charge in [0.2, 0.25) is 5.78 Å². The molecule has 4 aliphatic rings. The molecular formula is C31H37NO12. The molecule has 0 aromatic heterocycles. The molecule has 2 saturated heterocycles. The number of fused-ring (bicyclic) bond motifs is 3. The van der Waals surface area contributed by atoms with Crippen molar-refractivity contribution in [2.24, 2.45) is 0 Å². The first kappa shape index (κ1) is 30.9. The van der Waals surface area contributed by atoms with Gasteiger partial charge in [-0.15, -0.1) is 0 Å². The van der Waals surface area contributed by atoms with Gasteiger partial charge in [0.15, 0.2) is 12.1 Å². The largest absolute Gasteiger partial charge is 0.507 e. The fraction of sp³-hybridized carbons (Fsp3) is 0.548. The summed E-state index contributed by atoms with van der Waals surface area (Å²) in [4.78, 5) is 29.6. The molecule has 2 aliphatic heterocycles. The SMILES string of the molecule is COc1cccc2c1C(=O)c1c(O)c3c(c(O)c1C2=O)C[C@@](O)(C(O)CO)CC3OC1CC(N2CCOCC2)C(O)C(C)O1. The van der Waals surface area contributed by atoms with Crippen molar-refractivity contribution >= 4 is 11.6 Å². The Morgan fingerprint density at radius 2 is 1.80 bits per heavy atom. The van der Waals surface area contributed by atoms with Gasteiger partial charge in [-0.25, -0.2) is 0 Å². The number of nitrogens with zero attached hydrogens (tertiary/aromatic N) is 1. The second kappa shape index (κ2) is 11.7. The lowest BCUT2D eigenvalue weighted by Crippen LogP contribution is -2.58. The summed E-state index contributed by atoms with van der Waals surface area (Å²) in [6.07, 6.45) is -5.99. The van der Waals surface area contributed by atoms with Crippen LogP contribution >= 0.6 is 0 Å². The number of carbonyl (C=O) groups excluding carboxylic acids is 2. The van der Waals surface area contributed by atoms with Crippen LogP contribution in [-0.2, 0) is 20.6 Å². The lowest BCUT2D eigenvalue weighted by molar-refractivity contribution is -0.263. The number of ether oxygens (including phenoxy) is 4. The van der Waals surface area contributed by atoms with Crippen molar-refractivity contribution in [2.75, 3.05) is 40.0 Å². The van der Waals surface area contributed by atoms with Crippen molar-refractivity contribution < 1.29 is 59.2 Å². The molecule has 0 amide bonds. The molecule has 6 N–H and O–H groups in total. The number of methoxy groups -OCH3 is 1. The summed E-state index contributed by atoms with van der Waals surface area (Å²) < 4.78 is 23.1. The van der Waals surface area contributed by atoms with E-state index >= 15 is 0 Å². The standard InChI is InChI=1S/C31H37NO12/c1-14-26(35)17(32-6-8-42-9-7-32)10-21(43-14)44-19-12-31(40,20(34)13-33)11-16-23(19)30(39)25-24(28(16)37)27(36)15-4-3-5-18(41-2)22(15)29(25)38/h3-5,14,17,19-21,26,33-35,37,39-40H,6-13H2,1-2H3/t14?,17?,19?,20?,21?,26?,31-/m0/s1. The molecule has 7 atom stereocenters. The minimum atomic E-state index is -2.04. The monoisotopic (exact) mass is 615 g/mol. The summed E-state index contributed by atoms with van der Waals surface area (Å²) in [7, 11) is 1.34. The molecule has 2 fully saturated rings. The number of hydrogen-bond acceptors (Lipinski definition) is 13. The van der Waals surface area contributed by atoms with Crippen molar-refractivity contribution in [1.29, 1.82) is 0 Å². The quantitative estimate of drug-likeness (QED) is 0.206. The first-order valence-electron chi connectivity index (χ1n) is 14.7. The summed E-state index contributed by atoms with van der Waals surface area (Å²) in [5.74, 6) is -2.60. The minimum absolute atomic E-state index is 0.0249. The Bertz CT molecular complexity index is 1470. The number of carbonyl (C=O) groups is 2. The highest BCUT2D eigenvalue weighted by molar-refractivity contribution is 6.31. The summed E-state index contributed by atoms with van der Waals surface area (Å²) in [5, 5.41) is 66.1. The molecule has 2 aromatic rings. The molecule has 2 aromatic carbocycles. The number of phenolic OH excluding ortho intramolecular Hbond substituents is 2. The molecule has 0 saturated carbocycles. The van der Waals surface area contributed by atoms with Gasteiger partial charge in [0.1, 0.15) is 23.4 Å². The maximum Gasteiger partial charge on any atom is 0.202 e. The van der Waals surface area contributed by atoms with Crippen LogP contribution in [0, 0.1) is 0 Å². The van der Waals surface area contributed by atoms with E-state index in [0.29, 0.717) is 26.3 Å². The van der Waals surface area contributed by atoms with Gasteiger partial charge < -0.3 is 49.6 Å². The number of benzene rings is 2. The van der Waals surface area contributed by atoms with E-state index in [-0.39, 0.29) is 46.9 Å². The predicted octanol–water partition coefficient (Wildman–Crippen LogP) is 0.167. The van der Waals surface area contributed by atoms with Gasteiger partial charge in [-0.3, -0.25) is 14.5 Å². The third-order valence-corrected chi connectivity index (χ3v) is 9.40. The smallest absolute Gasteiger partial charge is 0.202 e. The number of ketones is 2. The second-order valence-corrected chi connectivity index (χ2v) is 11.9. The zero-order valence-electron chi connectivity index (χ0n) is 24.4. The fourth-order valence-electron chi connectivity index (χ4n) is 7.06. The average molecular weight is 616 g/mol. The van der Waals surface area contributed by atoms with Crippen LogP contribution in [0.15, 0.2) is 18.2 Å². The molecule has 238 valence electrons. The van der Waals surface area contributed by atoms with Crippen LogP contribution in [0.5, 0.6) is 17.2 Å². The van der Waals surface area contributed by atoms with Crippen LogP contribution in [0.2, 0.25) is 0 Å². The highest BCUT2D eigenvalue weighted by atomic mass is 16.7. The van der Waals surface area contributed by atoms with E-state index in [1.807, 2.05) is 0 Å². The Labute approximate surface area is 253 Å². The molecular weight excluding hydrogens is 578 g/mol. The van der Waals surface area contributed by atoms with Crippen molar-refractivity contribution in [1.82, 2.24) is 4.90 Å². The molecule has 2 aliphatic carbocycles. The number of hydrogen-bond donors (Lipinski definition) is 6. The summed E-state index contributed by atoms with van der Waals surface area (Å²) >= 11 is 0.